The number of likely N-dealkylation sites (N-methyl/N-ethyl adjacent to an activating group) is 1. The summed E-state index contributed by atoms with van der Waals surface area (Å²) in [5.41, 5.74) is -0.471. The molecular weight excluding hydrogens is 445 g/mol. The van der Waals surface area contributed by atoms with E-state index in [1.165, 1.54) is 0 Å². The molecule has 7 nitrogen and oxygen atoms in total. The van der Waals surface area contributed by atoms with E-state index >= 15 is 0 Å². The van der Waals surface area contributed by atoms with Gasteiger partial charge in [0.25, 0.3) is 0 Å². The fourth-order valence-corrected chi connectivity index (χ4v) is 2.97. The van der Waals surface area contributed by atoms with Crippen molar-refractivity contribution in [3.63, 3.8) is 0 Å². The number of ether oxygens (including phenoxy) is 1. The normalized spacial score (nSPS) is 18.1. The zero-order chi connectivity index (χ0) is 19.0. The lowest BCUT2D eigenvalue weighted by Crippen LogP contribution is -2.46. The number of rotatable bonds is 6. The van der Waals surface area contributed by atoms with Crippen LogP contribution in [0.25, 0.3) is 0 Å². The fourth-order valence-electron chi connectivity index (χ4n) is 2.97. The highest BCUT2D eigenvalue weighted by Crippen LogP contribution is 2.12. The molecule has 1 heterocycles. The molecule has 8 heteroatoms. The van der Waals surface area contributed by atoms with Gasteiger partial charge in [-0.1, -0.05) is 6.92 Å². The maximum Gasteiger partial charge on any atom is 0.407 e. The lowest BCUT2D eigenvalue weighted by Gasteiger charge is -2.27. The van der Waals surface area contributed by atoms with Crippen molar-refractivity contribution in [2.75, 3.05) is 39.8 Å². The SMILES string of the molecule is CCN(CCNC(=NC)N1CCC(NC(=O)OC(C)(C)C)C1)C(C)C.I. The van der Waals surface area contributed by atoms with Gasteiger partial charge in [-0.3, -0.25) is 9.89 Å². The molecule has 0 aromatic rings. The van der Waals surface area contributed by atoms with Gasteiger partial charge >= 0.3 is 6.09 Å². The second-order valence-corrected chi connectivity index (χ2v) is 7.77. The van der Waals surface area contributed by atoms with E-state index in [0.29, 0.717) is 6.04 Å². The van der Waals surface area contributed by atoms with Crippen LogP contribution >= 0.6 is 24.0 Å². The molecule has 0 saturated carbocycles. The molecule has 1 rings (SSSR count). The van der Waals surface area contributed by atoms with Crippen LogP contribution < -0.4 is 10.6 Å². The van der Waals surface area contributed by atoms with Gasteiger partial charge in [0.05, 0.1) is 6.04 Å². The summed E-state index contributed by atoms with van der Waals surface area (Å²) < 4.78 is 5.33. The van der Waals surface area contributed by atoms with Crippen molar-refractivity contribution in [2.24, 2.45) is 4.99 Å². The second-order valence-electron chi connectivity index (χ2n) is 7.77. The predicted octanol–water partition coefficient (Wildman–Crippen LogP) is 2.51. The number of aliphatic imine (C=N–C) groups is 1. The first-order valence-corrected chi connectivity index (χ1v) is 9.35. The minimum absolute atomic E-state index is 0. The number of guanidine groups is 1. The largest absolute Gasteiger partial charge is 0.444 e. The van der Waals surface area contributed by atoms with Gasteiger partial charge in [-0.25, -0.2) is 4.79 Å². The van der Waals surface area contributed by atoms with Crippen molar-refractivity contribution in [1.29, 1.82) is 0 Å². The molecule has 0 aliphatic carbocycles. The fraction of sp³-hybridized carbons (Fsp3) is 0.889. The van der Waals surface area contributed by atoms with Crippen LogP contribution in [0.1, 0.15) is 48.0 Å². The third-order valence-corrected chi connectivity index (χ3v) is 4.24. The molecule has 1 atom stereocenters. The Hall–Kier alpha value is -0.770. The minimum atomic E-state index is -0.471. The number of likely N-dealkylation sites (tertiary alicyclic amines) is 1. The molecule has 1 unspecified atom stereocenters. The number of carbonyl (C=O) groups is 1. The summed E-state index contributed by atoms with van der Waals surface area (Å²) in [6, 6.07) is 0.638. The standard InChI is InChI=1S/C18H37N5O2.HI/c1-8-22(14(2)3)12-10-20-16(19-7)23-11-9-15(13-23)21-17(24)25-18(4,5)6;/h14-15H,8-13H2,1-7H3,(H,19,20)(H,21,24);1H. The molecule has 0 bridgehead atoms. The molecule has 0 aromatic carbocycles. The van der Waals surface area contributed by atoms with E-state index in [9.17, 15) is 4.79 Å². The van der Waals surface area contributed by atoms with E-state index in [2.05, 4.69) is 46.2 Å². The van der Waals surface area contributed by atoms with Gasteiger partial charge in [0.15, 0.2) is 5.96 Å². The Morgan fingerprint density at radius 2 is 2.04 bits per heavy atom. The molecule has 154 valence electrons. The minimum Gasteiger partial charge on any atom is -0.444 e. The van der Waals surface area contributed by atoms with Crippen molar-refractivity contribution >= 4 is 36.0 Å². The van der Waals surface area contributed by atoms with Gasteiger partial charge in [-0.05, 0) is 47.6 Å². The highest BCUT2D eigenvalue weighted by Gasteiger charge is 2.27. The van der Waals surface area contributed by atoms with Crippen LogP contribution in [0.15, 0.2) is 4.99 Å². The maximum absolute atomic E-state index is 11.9. The van der Waals surface area contributed by atoms with Crippen molar-refractivity contribution in [3.05, 3.63) is 0 Å². The van der Waals surface area contributed by atoms with Gasteiger partial charge in [0.1, 0.15) is 5.60 Å². The topological polar surface area (TPSA) is 69.2 Å². The first kappa shape index (κ1) is 25.2. The number of amides is 1. The lowest BCUT2D eigenvalue weighted by molar-refractivity contribution is 0.0507. The molecule has 0 radical (unpaired) electrons. The van der Waals surface area contributed by atoms with E-state index in [1.807, 2.05) is 20.8 Å². The molecule has 1 saturated heterocycles. The van der Waals surface area contributed by atoms with Crippen LogP contribution in [-0.2, 0) is 4.74 Å². The molecular formula is C18H38IN5O2. The number of hydrogen-bond donors (Lipinski definition) is 2. The number of carbonyl (C=O) groups excluding carboxylic acids is 1. The summed E-state index contributed by atoms with van der Waals surface area (Å²) in [7, 11) is 1.80. The van der Waals surface area contributed by atoms with Crippen molar-refractivity contribution in [3.8, 4) is 0 Å². The molecule has 1 amide bonds. The average Bonchev–Trinajstić information content (AvgIpc) is 2.93. The molecule has 1 aliphatic heterocycles. The first-order valence-electron chi connectivity index (χ1n) is 9.35. The van der Waals surface area contributed by atoms with Gasteiger partial charge in [-0.15, -0.1) is 24.0 Å². The summed E-state index contributed by atoms with van der Waals surface area (Å²) in [6.07, 6.45) is 0.547. The van der Waals surface area contributed by atoms with Crippen molar-refractivity contribution < 1.29 is 9.53 Å². The maximum atomic E-state index is 11.9. The van der Waals surface area contributed by atoms with Gasteiger partial charge in [0, 0.05) is 39.3 Å². The van der Waals surface area contributed by atoms with E-state index < -0.39 is 5.60 Å². The van der Waals surface area contributed by atoms with Crippen LogP contribution in [0.2, 0.25) is 0 Å². The third kappa shape index (κ3) is 9.25. The molecule has 1 fully saturated rings. The Morgan fingerprint density at radius 3 is 2.54 bits per heavy atom. The lowest BCUT2D eigenvalue weighted by atomic mass is 10.2. The number of hydrogen-bond acceptors (Lipinski definition) is 4. The van der Waals surface area contributed by atoms with Gasteiger partial charge in [0.2, 0.25) is 0 Å². The average molecular weight is 483 g/mol. The monoisotopic (exact) mass is 483 g/mol. The zero-order valence-electron chi connectivity index (χ0n) is 17.5. The quantitative estimate of drug-likeness (QED) is 0.345. The van der Waals surface area contributed by atoms with E-state index in [-0.39, 0.29) is 36.1 Å². The van der Waals surface area contributed by atoms with E-state index in [0.717, 1.165) is 45.1 Å². The third-order valence-electron chi connectivity index (χ3n) is 4.24. The summed E-state index contributed by atoms with van der Waals surface area (Å²) in [4.78, 5) is 20.9. The van der Waals surface area contributed by atoms with Crippen LogP contribution in [0.5, 0.6) is 0 Å². The molecule has 26 heavy (non-hydrogen) atoms. The van der Waals surface area contributed by atoms with E-state index in [4.69, 9.17) is 4.74 Å². The van der Waals surface area contributed by atoms with Gasteiger partial charge in [-0.2, -0.15) is 0 Å². The Kier molecular flexibility index (Phi) is 11.5. The second kappa shape index (κ2) is 11.8. The summed E-state index contributed by atoms with van der Waals surface area (Å²) >= 11 is 0. The summed E-state index contributed by atoms with van der Waals surface area (Å²) in [5, 5.41) is 6.38. The zero-order valence-corrected chi connectivity index (χ0v) is 19.8. The van der Waals surface area contributed by atoms with Crippen LogP contribution in [0, 0.1) is 0 Å². The first-order chi connectivity index (χ1) is 11.7. The van der Waals surface area contributed by atoms with Crippen LogP contribution in [0.4, 0.5) is 4.79 Å². The summed E-state index contributed by atoms with van der Waals surface area (Å²) in [5.74, 6) is 0.897. The Bertz CT molecular complexity index is 451. The molecule has 2 N–H and O–H groups in total. The van der Waals surface area contributed by atoms with Crippen LogP contribution in [0.3, 0.4) is 0 Å². The van der Waals surface area contributed by atoms with Gasteiger partial charge < -0.3 is 20.3 Å². The Balaban J connectivity index is 0.00000625. The van der Waals surface area contributed by atoms with E-state index in [1.54, 1.807) is 7.05 Å². The number of alkyl carbamates (subject to hydrolysis) is 1. The Morgan fingerprint density at radius 1 is 1.38 bits per heavy atom. The number of halogens is 1. The predicted molar refractivity (Wildman–Crippen MR) is 119 cm³/mol. The molecule has 1 aliphatic rings. The smallest absolute Gasteiger partial charge is 0.407 e. The molecule has 0 spiro atoms. The highest BCUT2D eigenvalue weighted by atomic mass is 127. The van der Waals surface area contributed by atoms with Crippen LogP contribution in [-0.4, -0.2) is 79.3 Å². The molecule has 0 aromatic heterocycles. The van der Waals surface area contributed by atoms with Crippen molar-refractivity contribution in [2.45, 2.75) is 65.6 Å². The highest BCUT2D eigenvalue weighted by molar-refractivity contribution is 14.0. The number of nitrogens with one attached hydrogen (secondary N) is 2. The summed E-state index contributed by atoms with van der Waals surface area (Å²) in [6.45, 7) is 16.7. The number of nitrogens with zero attached hydrogens (tertiary/aromatic N) is 3. The Labute approximate surface area is 176 Å². The van der Waals surface area contributed by atoms with Crippen molar-refractivity contribution in [1.82, 2.24) is 20.4 Å².